The highest BCUT2D eigenvalue weighted by Gasteiger charge is 2.00. The number of ether oxygens (including phenoxy) is 1. The zero-order valence-corrected chi connectivity index (χ0v) is 12.6. The van der Waals surface area contributed by atoms with Gasteiger partial charge < -0.3 is 15.4 Å². The Hall–Kier alpha value is -2.28. The zero-order valence-electron chi connectivity index (χ0n) is 12.6. The average molecular weight is 305 g/mol. The molecule has 0 aliphatic heterocycles. The first-order valence-electron chi connectivity index (χ1n) is 7.19. The number of benzene rings is 1. The fraction of sp³-hybridized carbons (Fsp3) is 0.400. The topological polar surface area (TPSA) is 72.0 Å². The van der Waals surface area contributed by atoms with Gasteiger partial charge >= 0.3 is 0 Å². The number of rotatable bonds is 9. The second-order valence-electron chi connectivity index (χ2n) is 4.74. The van der Waals surface area contributed by atoms with E-state index in [4.69, 9.17) is 4.74 Å². The molecule has 1 aromatic carbocycles. The molecule has 0 bridgehead atoms. The molecular formula is C15H20FN5O. The van der Waals surface area contributed by atoms with Crippen molar-refractivity contribution in [2.24, 2.45) is 0 Å². The molecular weight excluding hydrogens is 285 g/mol. The molecule has 2 rings (SSSR count). The number of nitrogens with zero attached hydrogens (tertiary/aromatic N) is 3. The summed E-state index contributed by atoms with van der Waals surface area (Å²) in [6.07, 6.45) is 3.23. The van der Waals surface area contributed by atoms with Crippen molar-refractivity contribution < 1.29 is 9.13 Å². The van der Waals surface area contributed by atoms with Gasteiger partial charge in [-0.1, -0.05) is 12.1 Å². The van der Waals surface area contributed by atoms with E-state index < -0.39 is 0 Å². The SMILES string of the molecule is COCCCNc1nncc(NCCc2ccc(F)cc2)n1. The highest BCUT2D eigenvalue weighted by molar-refractivity contribution is 5.37. The summed E-state index contributed by atoms with van der Waals surface area (Å²) in [5.74, 6) is 0.926. The number of halogens is 1. The molecule has 22 heavy (non-hydrogen) atoms. The van der Waals surface area contributed by atoms with Gasteiger partial charge in [0.2, 0.25) is 5.95 Å². The van der Waals surface area contributed by atoms with E-state index in [0.29, 0.717) is 24.9 Å². The molecule has 0 atom stereocenters. The monoisotopic (exact) mass is 305 g/mol. The molecule has 0 amide bonds. The van der Waals surface area contributed by atoms with E-state index in [2.05, 4.69) is 25.8 Å². The quantitative estimate of drug-likeness (QED) is 0.691. The maximum atomic E-state index is 12.8. The lowest BCUT2D eigenvalue weighted by Crippen LogP contribution is -2.11. The predicted octanol–water partition coefficient (Wildman–Crippen LogP) is 2.11. The molecule has 7 heteroatoms. The molecule has 2 aromatic rings. The third-order valence-corrected chi connectivity index (χ3v) is 3.00. The minimum absolute atomic E-state index is 0.221. The molecule has 0 fully saturated rings. The van der Waals surface area contributed by atoms with Crippen LogP contribution in [0.15, 0.2) is 30.5 Å². The van der Waals surface area contributed by atoms with Gasteiger partial charge in [0.15, 0.2) is 5.82 Å². The van der Waals surface area contributed by atoms with Gasteiger partial charge in [0.25, 0.3) is 0 Å². The lowest BCUT2D eigenvalue weighted by atomic mass is 10.1. The maximum Gasteiger partial charge on any atom is 0.244 e. The van der Waals surface area contributed by atoms with Crippen molar-refractivity contribution in [3.63, 3.8) is 0 Å². The molecule has 1 aromatic heterocycles. The Morgan fingerprint density at radius 1 is 1.14 bits per heavy atom. The van der Waals surface area contributed by atoms with Crippen molar-refractivity contribution in [2.45, 2.75) is 12.8 Å². The van der Waals surface area contributed by atoms with Crippen LogP contribution in [-0.4, -0.2) is 42.0 Å². The van der Waals surface area contributed by atoms with Crippen LogP contribution in [0.1, 0.15) is 12.0 Å². The predicted molar refractivity (Wildman–Crippen MR) is 83.4 cm³/mol. The van der Waals surface area contributed by atoms with Gasteiger partial charge in [-0.2, -0.15) is 10.1 Å². The lowest BCUT2D eigenvalue weighted by Gasteiger charge is -2.07. The van der Waals surface area contributed by atoms with Crippen molar-refractivity contribution in [3.05, 3.63) is 41.8 Å². The Morgan fingerprint density at radius 2 is 1.95 bits per heavy atom. The zero-order chi connectivity index (χ0) is 15.6. The number of aromatic nitrogens is 3. The summed E-state index contributed by atoms with van der Waals surface area (Å²) in [6.45, 7) is 2.11. The average Bonchev–Trinajstić information content (AvgIpc) is 2.54. The van der Waals surface area contributed by atoms with E-state index in [-0.39, 0.29) is 5.82 Å². The van der Waals surface area contributed by atoms with Gasteiger partial charge in [0.05, 0.1) is 6.20 Å². The minimum Gasteiger partial charge on any atom is -0.385 e. The highest BCUT2D eigenvalue weighted by atomic mass is 19.1. The Morgan fingerprint density at radius 3 is 2.73 bits per heavy atom. The molecule has 0 saturated carbocycles. The Balaban J connectivity index is 1.76. The van der Waals surface area contributed by atoms with Gasteiger partial charge in [-0.25, -0.2) is 4.39 Å². The van der Waals surface area contributed by atoms with Crippen molar-refractivity contribution in [1.29, 1.82) is 0 Å². The third kappa shape index (κ3) is 5.61. The lowest BCUT2D eigenvalue weighted by molar-refractivity contribution is 0.197. The van der Waals surface area contributed by atoms with Crippen LogP contribution in [0.3, 0.4) is 0 Å². The summed E-state index contributed by atoms with van der Waals surface area (Å²) < 4.78 is 17.8. The fourth-order valence-electron chi connectivity index (χ4n) is 1.87. The van der Waals surface area contributed by atoms with Crippen molar-refractivity contribution >= 4 is 11.8 Å². The summed E-state index contributed by atoms with van der Waals surface area (Å²) in [6, 6.07) is 6.48. The van der Waals surface area contributed by atoms with Crippen LogP contribution in [0.4, 0.5) is 16.2 Å². The van der Waals surface area contributed by atoms with Crippen molar-refractivity contribution in [1.82, 2.24) is 15.2 Å². The number of nitrogens with one attached hydrogen (secondary N) is 2. The summed E-state index contributed by atoms with van der Waals surface area (Å²) in [5.41, 5.74) is 1.06. The first kappa shape index (κ1) is 16.1. The summed E-state index contributed by atoms with van der Waals surface area (Å²) >= 11 is 0. The van der Waals surface area contributed by atoms with E-state index in [1.54, 1.807) is 25.4 Å². The first-order chi connectivity index (χ1) is 10.8. The van der Waals surface area contributed by atoms with Gasteiger partial charge in [0.1, 0.15) is 5.82 Å². The number of methoxy groups -OCH3 is 1. The number of hydrogen-bond acceptors (Lipinski definition) is 6. The highest BCUT2D eigenvalue weighted by Crippen LogP contribution is 2.06. The molecule has 2 N–H and O–H groups in total. The fourth-order valence-corrected chi connectivity index (χ4v) is 1.87. The van der Waals surface area contributed by atoms with Gasteiger partial charge in [-0.15, -0.1) is 5.10 Å². The Labute approximate surface area is 129 Å². The van der Waals surface area contributed by atoms with Crippen LogP contribution in [0.2, 0.25) is 0 Å². The molecule has 0 radical (unpaired) electrons. The standard InChI is InChI=1S/C15H20FN5O/c1-22-10-2-8-18-15-20-14(11-19-21-15)17-9-7-12-3-5-13(16)6-4-12/h3-6,11H,2,7-10H2,1H3,(H2,17,18,20,21). The van der Waals surface area contributed by atoms with Crippen LogP contribution in [0, 0.1) is 5.82 Å². The van der Waals surface area contributed by atoms with E-state index in [0.717, 1.165) is 24.9 Å². The number of anilines is 2. The summed E-state index contributed by atoms with van der Waals surface area (Å²) in [5, 5.41) is 14.1. The van der Waals surface area contributed by atoms with Crippen molar-refractivity contribution in [3.8, 4) is 0 Å². The second kappa shape index (κ2) is 8.89. The van der Waals surface area contributed by atoms with Gasteiger partial charge in [0, 0.05) is 26.8 Å². The Bertz CT molecular complexity index is 564. The van der Waals surface area contributed by atoms with Crippen LogP contribution in [0.25, 0.3) is 0 Å². The van der Waals surface area contributed by atoms with Crippen LogP contribution >= 0.6 is 0 Å². The summed E-state index contributed by atoms with van der Waals surface area (Å²) in [4.78, 5) is 4.32. The van der Waals surface area contributed by atoms with E-state index in [1.165, 1.54) is 12.1 Å². The van der Waals surface area contributed by atoms with Gasteiger partial charge in [-0.3, -0.25) is 0 Å². The van der Waals surface area contributed by atoms with Crippen molar-refractivity contribution in [2.75, 3.05) is 37.4 Å². The smallest absolute Gasteiger partial charge is 0.244 e. The van der Waals surface area contributed by atoms with Crippen LogP contribution < -0.4 is 10.6 Å². The van der Waals surface area contributed by atoms with Crippen LogP contribution in [-0.2, 0) is 11.2 Å². The number of hydrogen-bond donors (Lipinski definition) is 2. The molecule has 0 aliphatic rings. The van der Waals surface area contributed by atoms with Gasteiger partial charge in [-0.05, 0) is 30.5 Å². The molecule has 0 unspecified atom stereocenters. The second-order valence-corrected chi connectivity index (χ2v) is 4.74. The molecule has 1 heterocycles. The largest absolute Gasteiger partial charge is 0.385 e. The molecule has 0 aliphatic carbocycles. The Kier molecular flexibility index (Phi) is 6.50. The first-order valence-corrected chi connectivity index (χ1v) is 7.19. The van der Waals surface area contributed by atoms with E-state index in [9.17, 15) is 4.39 Å². The molecule has 0 spiro atoms. The summed E-state index contributed by atoms with van der Waals surface area (Å²) in [7, 11) is 1.67. The minimum atomic E-state index is -0.221. The third-order valence-electron chi connectivity index (χ3n) is 3.00. The molecule has 0 saturated heterocycles. The molecule has 118 valence electrons. The maximum absolute atomic E-state index is 12.8. The van der Waals surface area contributed by atoms with E-state index in [1.807, 2.05) is 0 Å². The van der Waals surface area contributed by atoms with E-state index >= 15 is 0 Å². The molecule has 6 nitrogen and oxygen atoms in total. The normalized spacial score (nSPS) is 10.5. The van der Waals surface area contributed by atoms with Crippen LogP contribution in [0.5, 0.6) is 0 Å².